The van der Waals surface area contributed by atoms with Crippen LogP contribution in [0.25, 0.3) is 0 Å². The largest absolute Gasteiger partial charge is 0.328 e. The van der Waals surface area contributed by atoms with Gasteiger partial charge in [-0.05, 0) is 13.0 Å². The monoisotopic (exact) mass is 170 g/mol. The van der Waals surface area contributed by atoms with Crippen LogP contribution < -0.4 is 11.3 Å². The molecule has 2 N–H and O–H groups in total. The van der Waals surface area contributed by atoms with Crippen LogP contribution in [0.4, 0.5) is 4.39 Å². The Balaban J connectivity index is 3.13. The highest BCUT2D eigenvalue weighted by Crippen LogP contribution is 2.00. The van der Waals surface area contributed by atoms with E-state index in [9.17, 15) is 9.18 Å². The van der Waals surface area contributed by atoms with E-state index in [-0.39, 0.29) is 11.6 Å². The van der Waals surface area contributed by atoms with Gasteiger partial charge in [0, 0.05) is 24.8 Å². The van der Waals surface area contributed by atoms with Gasteiger partial charge in [-0.15, -0.1) is 0 Å². The molecule has 1 unspecified atom stereocenters. The van der Waals surface area contributed by atoms with Gasteiger partial charge in [0.15, 0.2) is 0 Å². The predicted molar refractivity (Wildman–Crippen MR) is 44.4 cm³/mol. The van der Waals surface area contributed by atoms with Crippen molar-refractivity contribution in [2.45, 2.75) is 13.0 Å². The second-order valence-corrected chi connectivity index (χ2v) is 2.68. The average Bonchev–Trinajstić information content (AvgIpc) is 2.08. The van der Waals surface area contributed by atoms with Gasteiger partial charge < -0.3 is 10.3 Å². The molecule has 1 rings (SSSR count). The van der Waals surface area contributed by atoms with Crippen molar-refractivity contribution in [3.63, 3.8) is 0 Å². The van der Waals surface area contributed by atoms with Gasteiger partial charge in [-0.3, -0.25) is 4.79 Å². The van der Waals surface area contributed by atoms with Crippen LogP contribution >= 0.6 is 0 Å². The van der Waals surface area contributed by atoms with Crippen molar-refractivity contribution in [2.24, 2.45) is 5.73 Å². The topological polar surface area (TPSA) is 48.0 Å². The first-order valence-electron chi connectivity index (χ1n) is 3.73. The average molecular weight is 170 g/mol. The van der Waals surface area contributed by atoms with Gasteiger partial charge in [0.1, 0.15) is 5.82 Å². The molecule has 3 nitrogen and oxygen atoms in total. The SMILES string of the molecule is CC(CN)n1cc(F)ccc1=O. The molecule has 1 atom stereocenters. The zero-order valence-electron chi connectivity index (χ0n) is 6.83. The highest BCUT2D eigenvalue weighted by atomic mass is 19.1. The van der Waals surface area contributed by atoms with Crippen molar-refractivity contribution in [1.82, 2.24) is 4.57 Å². The smallest absolute Gasteiger partial charge is 0.250 e. The van der Waals surface area contributed by atoms with E-state index in [1.807, 2.05) is 0 Å². The van der Waals surface area contributed by atoms with Crippen LogP contribution in [0.3, 0.4) is 0 Å². The lowest BCUT2D eigenvalue weighted by Gasteiger charge is -2.11. The van der Waals surface area contributed by atoms with Crippen LogP contribution in [0.2, 0.25) is 0 Å². The van der Waals surface area contributed by atoms with Gasteiger partial charge in [-0.25, -0.2) is 4.39 Å². The minimum Gasteiger partial charge on any atom is -0.328 e. The van der Waals surface area contributed by atoms with E-state index in [1.54, 1.807) is 6.92 Å². The number of nitrogens with zero attached hydrogens (tertiary/aromatic N) is 1. The summed E-state index contributed by atoms with van der Waals surface area (Å²) in [7, 11) is 0. The highest BCUT2D eigenvalue weighted by Gasteiger charge is 2.04. The third-order valence-corrected chi connectivity index (χ3v) is 1.72. The lowest BCUT2D eigenvalue weighted by atomic mass is 10.3. The van der Waals surface area contributed by atoms with Crippen molar-refractivity contribution in [3.8, 4) is 0 Å². The van der Waals surface area contributed by atoms with Gasteiger partial charge in [0.25, 0.3) is 5.56 Å². The van der Waals surface area contributed by atoms with E-state index < -0.39 is 5.82 Å². The molecule has 0 aliphatic heterocycles. The first-order valence-corrected chi connectivity index (χ1v) is 3.73. The third-order valence-electron chi connectivity index (χ3n) is 1.72. The molecule has 4 heteroatoms. The fraction of sp³-hybridized carbons (Fsp3) is 0.375. The second-order valence-electron chi connectivity index (χ2n) is 2.68. The molecule has 0 aliphatic rings. The van der Waals surface area contributed by atoms with Crippen LogP contribution in [-0.2, 0) is 0 Å². The van der Waals surface area contributed by atoms with Crippen molar-refractivity contribution < 1.29 is 4.39 Å². The molecule has 1 aromatic rings. The summed E-state index contributed by atoms with van der Waals surface area (Å²) < 4.78 is 13.9. The quantitative estimate of drug-likeness (QED) is 0.702. The Labute approximate surface area is 69.6 Å². The van der Waals surface area contributed by atoms with E-state index in [2.05, 4.69) is 0 Å². The summed E-state index contributed by atoms with van der Waals surface area (Å²) in [6, 6.07) is 2.18. The molecule has 0 aromatic carbocycles. The van der Waals surface area contributed by atoms with Crippen LogP contribution in [-0.4, -0.2) is 11.1 Å². The zero-order chi connectivity index (χ0) is 9.14. The summed E-state index contributed by atoms with van der Waals surface area (Å²) in [5, 5.41) is 0. The number of nitrogens with two attached hydrogens (primary N) is 1. The van der Waals surface area contributed by atoms with Gasteiger partial charge >= 0.3 is 0 Å². The Morgan fingerprint density at radius 3 is 2.92 bits per heavy atom. The van der Waals surface area contributed by atoms with Crippen LogP contribution in [0, 0.1) is 5.82 Å². The van der Waals surface area contributed by atoms with E-state index in [0.29, 0.717) is 6.54 Å². The molecule has 0 amide bonds. The Hall–Kier alpha value is -1.16. The number of hydrogen-bond acceptors (Lipinski definition) is 2. The van der Waals surface area contributed by atoms with Crippen molar-refractivity contribution in [3.05, 3.63) is 34.5 Å². The zero-order valence-corrected chi connectivity index (χ0v) is 6.83. The first-order chi connectivity index (χ1) is 5.65. The Bertz CT molecular complexity index is 321. The van der Waals surface area contributed by atoms with Crippen LogP contribution in [0.5, 0.6) is 0 Å². The molecule has 0 radical (unpaired) electrons. The summed E-state index contributed by atoms with van der Waals surface area (Å²) in [6.07, 6.45) is 1.17. The lowest BCUT2D eigenvalue weighted by molar-refractivity contribution is 0.512. The van der Waals surface area contributed by atoms with Crippen LogP contribution in [0.1, 0.15) is 13.0 Å². The fourth-order valence-corrected chi connectivity index (χ4v) is 0.935. The standard InChI is InChI=1S/C8H11FN2O/c1-6(4-10)11-5-7(9)2-3-8(11)12/h2-3,5-6H,4,10H2,1H3. The minimum atomic E-state index is -0.421. The number of rotatable bonds is 2. The molecule has 66 valence electrons. The minimum absolute atomic E-state index is 0.159. The molecule has 0 aliphatic carbocycles. The van der Waals surface area contributed by atoms with Crippen molar-refractivity contribution in [2.75, 3.05) is 6.54 Å². The van der Waals surface area contributed by atoms with Crippen molar-refractivity contribution >= 4 is 0 Å². The first kappa shape index (κ1) is 8.93. The summed E-state index contributed by atoms with van der Waals surface area (Å²) in [5.74, 6) is -0.421. The molecule has 0 saturated carbocycles. The molecule has 0 spiro atoms. The molecular weight excluding hydrogens is 159 g/mol. The Morgan fingerprint density at radius 2 is 2.33 bits per heavy atom. The van der Waals surface area contributed by atoms with Gasteiger partial charge in [-0.1, -0.05) is 0 Å². The van der Waals surface area contributed by atoms with Crippen LogP contribution in [0.15, 0.2) is 23.1 Å². The number of aromatic nitrogens is 1. The summed E-state index contributed by atoms with van der Waals surface area (Å²) >= 11 is 0. The van der Waals surface area contributed by atoms with E-state index in [0.717, 1.165) is 6.07 Å². The summed E-state index contributed by atoms with van der Waals surface area (Å²) in [6.45, 7) is 2.09. The normalized spacial score (nSPS) is 12.9. The number of hydrogen-bond donors (Lipinski definition) is 1. The summed E-state index contributed by atoms with van der Waals surface area (Å²) in [4.78, 5) is 11.1. The Morgan fingerprint density at radius 1 is 1.67 bits per heavy atom. The maximum Gasteiger partial charge on any atom is 0.250 e. The molecule has 0 bridgehead atoms. The maximum absolute atomic E-state index is 12.6. The maximum atomic E-state index is 12.6. The third kappa shape index (κ3) is 1.71. The summed E-state index contributed by atoms with van der Waals surface area (Å²) in [5.41, 5.74) is 5.11. The van der Waals surface area contributed by atoms with E-state index in [1.165, 1.54) is 16.8 Å². The predicted octanol–water partition coefficient (Wildman–Crippen LogP) is 0.507. The molecule has 1 heterocycles. The van der Waals surface area contributed by atoms with E-state index in [4.69, 9.17) is 5.73 Å². The van der Waals surface area contributed by atoms with Gasteiger partial charge in [-0.2, -0.15) is 0 Å². The van der Waals surface area contributed by atoms with E-state index >= 15 is 0 Å². The second kappa shape index (κ2) is 3.49. The van der Waals surface area contributed by atoms with Crippen molar-refractivity contribution in [1.29, 1.82) is 0 Å². The van der Waals surface area contributed by atoms with Gasteiger partial charge in [0.05, 0.1) is 0 Å². The fourth-order valence-electron chi connectivity index (χ4n) is 0.935. The molecule has 0 saturated heterocycles. The molecule has 1 aromatic heterocycles. The lowest BCUT2D eigenvalue weighted by Crippen LogP contribution is -2.27. The highest BCUT2D eigenvalue weighted by molar-refractivity contribution is 4.97. The molecular formula is C8H11FN2O. The molecule has 12 heavy (non-hydrogen) atoms. The van der Waals surface area contributed by atoms with Gasteiger partial charge in [0.2, 0.25) is 0 Å². The number of halogens is 1. The Kier molecular flexibility index (Phi) is 2.60. The number of pyridine rings is 1. The molecule has 0 fully saturated rings.